The largest absolute Gasteiger partial charge is 0.454 e. The molecule has 1 fully saturated rings. The Bertz CT molecular complexity index is 748. The third-order valence-electron chi connectivity index (χ3n) is 4.96. The monoisotopic (exact) mass is 338 g/mol. The molecule has 3 heterocycles. The predicted molar refractivity (Wildman–Crippen MR) is 93.4 cm³/mol. The first-order valence-electron chi connectivity index (χ1n) is 8.89. The van der Waals surface area contributed by atoms with E-state index in [1.807, 2.05) is 35.2 Å². The van der Waals surface area contributed by atoms with Gasteiger partial charge in [-0.2, -0.15) is 0 Å². The molecule has 5 nitrogen and oxygen atoms in total. The summed E-state index contributed by atoms with van der Waals surface area (Å²) in [5, 5.41) is 0. The van der Waals surface area contributed by atoms with Crippen molar-refractivity contribution in [3.63, 3.8) is 0 Å². The molecule has 25 heavy (non-hydrogen) atoms. The van der Waals surface area contributed by atoms with Gasteiger partial charge >= 0.3 is 0 Å². The third kappa shape index (κ3) is 3.45. The lowest BCUT2D eigenvalue weighted by molar-refractivity contribution is -0.132. The van der Waals surface area contributed by atoms with Gasteiger partial charge in [-0.25, -0.2) is 0 Å². The summed E-state index contributed by atoms with van der Waals surface area (Å²) in [6, 6.07) is 9.94. The molecular formula is C20H22N2O3. The summed E-state index contributed by atoms with van der Waals surface area (Å²) in [6.45, 7) is 1.07. The summed E-state index contributed by atoms with van der Waals surface area (Å²) < 4.78 is 10.8. The van der Waals surface area contributed by atoms with Crippen molar-refractivity contribution in [1.82, 2.24) is 9.88 Å². The number of carbonyl (C=O) groups is 1. The molecule has 1 aromatic heterocycles. The molecule has 0 saturated carbocycles. The smallest absolute Gasteiger partial charge is 0.231 e. The van der Waals surface area contributed by atoms with E-state index in [9.17, 15) is 4.79 Å². The minimum atomic E-state index is 0.145. The van der Waals surface area contributed by atoms with Gasteiger partial charge in [0.2, 0.25) is 12.7 Å². The number of pyridine rings is 1. The van der Waals surface area contributed by atoms with E-state index in [2.05, 4.69) is 4.98 Å². The molecule has 0 unspecified atom stereocenters. The van der Waals surface area contributed by atoms with Crippen LogP contribution >= 0.6 is 0 Å². The zero-order chi connectivity index (χ0) is 17.1. The Morgan fingerprint density at radius 3 is 2.80 bits per heavy atom. The number of nitrogens with zero attached hydrogens (tertiary/aromatic N) is 2. The Labute approximate surface area is 147 Å². The van der Waals surface area contributed by atoms with Gasteiger partial charge in [0, 0.05) is 18.9 Å². The van der Waals surface area contributed by atoms with Crippen molar-refractivity contribution >= 4 is 5.91 Å². The van der Waals surface area contributed by atoms with Crippen LogP contribution in [-0.4, -0.2) is 29.1 Å². The highest BCUT2D eigenvalue weighted by Crippen LogP contribution is 2.34. The lowest BCUT2D eigenvalue weighted by Gasteiger charge is -2.30. The number of benzene rings is 1. The van der Waals surface area contributed by atoms with E-state index in [0.717, 1.165) is 42.9 Å². The number of hydrogen-bond donors (Lipinski definition) is 0. The first-order chi connectivity index (χ1) is 12.3. The summed E-state index contributed by atoms with van der Waals surface area (Å²) in [6.07, 6.45) is 8.40. The van der Waals surface area contributed by atoms with Gasteiger partial charge in [0.25, 0.3) is 0 Å². The van der Waals surface area contributed by atoms with Crippen LogP contribution in [0.3, 0.4) is 0 Å². The van der Waals surface area contributed by atoms with Crippen LogP contribution in [0.2, 0.25) is 0 Å². The van der Waals surface area contributed by atoms with Crippen LogP contribution in [0, 0.1) is 0 Å². The summed E-state index contributed by atoms with van der Waals surface area (Å²) in [7, 11) is 0. The van der Waals surface area contributed by atoms with Crippen LogP contribution in [0.25, 0.3) is 0 Å². The molecule has 1 saturated heterocycles. The van der Waals surface area contributed by atoms with E-state index in [4.69, 9.17) is 9.47 Å². The maximum absolute atomic E-state index is 13.0. The Kier molecular flexibility index (Phi) is 4.55. The first kappa shape index (κ1) is 15.9. The van der Waals surface area contributed by atoms with Crippen molar-refractivity contribution < 1.29 is 14.3 Å². The third-order valence-corrected chi connectivity index (χ3v) is 4.96. The molecule has 1 aromatic carbocycles. The molecule has 1 atom stereocenters. The molecule has 2 aliphatic heterocycles. The minimum absolute atomic E-state index is 0.145. The molecule has 0 radical (unpaired) electrons. The van der Waals surface area contributed by atoms with Crippen molar-refractivity contribution in [3.8, 4) is 11.5 Å². The van der Waals surface area contributed by atoms with Crippen LogP contribution in [-0.2, 0) is 11.2 Å². The maximum atomic E-state index is 13.0. The highest BCUT2D eigenvalue weighted by molar-refractivity contribution is 5.79. The second-order valence-corrected chi connectivity index (χ2v) is 6.60. The van der Waals surface area contributed by atoms with E-state index < -0.39 is 0 Å². The van der Waals surface area contributed by atoms with Gasteiger partial charge in [-0.05, 0) is 48.2 Å². The van der Waals surface area contributed by atoms with Gasteiger partial charge in [0.15, 0.2) is 11.5 Å². The second kappa shape index (κ2) is 7.13. The first-order valence-corrected chi connectivity index (χ1v) is 8.89. The van der Waals surface area contributed by atoms with E-state index in [-0.39, 0.29) is 18.7 Å². The van der Waals surface area contributed by atoms with Crippen LogP contribution in [0.5, 0.6) is 11.5 Å². The van der Waals surface area contributed by atoms with Gasteiger partial charge in [-0.1, -0.05) is 18.9 Å². The highest BCUT2D eigenvalue weighted by atomic mass is 16.7. The number of hydrogen-bond acceptors (Lipinski definition) is 4. The summed E-state index contributed by atoms with van der Waals surface area (Å²) >= 11 is 0. The number of rotatable bonds is 3. The summed E-state index contributed by atoms with van der Waals surface area (Å²) in [5.41, 5.74) is 2.14. The van der Waals surface area contributed by atoms with Crippen molar-refractivity contribution in [1.29, 1.82) is 0 Å². The molecule has 1 amide bonds. The molecule has 2 aromatic rings. The zero-order valence-corrected chi connectivity index (χ0v) is 14.2. The summed E-state index contributed by atoms with van der Waals surface area (Å²) in [4.78, 5) is 19.2. The number of fused-ring (bicyclic) bond motifs is 1. The van der Waals surface area contributed by atoms with E-state index in [1.165, 1.54) is 12.0 Å². The predicted octanol–water partition coefficient (Wildman–Crippen LogP) is 3.50. The van der Waals surface area contributed by atoms with Crippen LogP contribution in [0.1, 0.15) is 42.9 Å². The van der Waals surface area contributed by atoms with Crippen LogP contribution in [0.4, 0.5) is 0 Å². The maximum Gasteiger partial charge on any atom is 0.231 e. The fourth-order valence-corrected chi connectivity index (χ4v) is 3.67. The fourth-order valence-electron chi connectivity index (χ4n) is 3.67. The Hall–Kier alpha value is -2.56. The van der Waals surface area contributed by atoms with E-state index >= 15 is 0 Å². The van der Waals surface area contributed by atoms with Gasteiger partial charge in [0.1, 0.15) is 0 Å². The minimum Gasteiger partial charge on any atom is -0.454 e. The van der Waals surface area contributed by atoms with Gasteiger partial charge in [0.05, 0.1) is 12.5 Å². The lowest BCUT2D eigenvalue weighted by atomic mass is 10.0. The average molecular weight is 338 g/mol. The SMILES string of the molecule is O=C(Cc1ccc2c(c1)OCO2)N1CCCCC[C@H]1c1ccncc1. The van der Waals surface area contributed by atoms with E-state index in [0.29, 0.717) is 6.42 Å². The number of ether oxygens (including phenoxy) is 2. The number of aromatic nitrogens is 1. The topological polar surface area (TPSA) is 51.7 Å². The van der Waals surface area contributed by atoms with E-state index in [1.54, 1.807) is 12.4 Å². The van der Waals surface area contributed by atoms with Gasteiger partial charge in [-0.15, -0.1) is 0 Å². The van der Waals surface area contributed by atoms with Crippen molar-refractivity contribution in [2.75, 3.05) is 13.3 Å². The van der Waals surface area contributed by atoms with Crippen LogP contribution in [0.15, 0.2) is 42.7 Å². The number of likely N-dealkylation sites (tertiary alicyclic amines) is 1. The number of carbonyl (C=O) groups excluding carboxylic acids is 1. The molecule has 4 rings (SSSR count). The molecule has 2 aliphatic rings. The van der Waals surface area contributed by atoms with Crippen LogP contribution < -0.4 is 9.47 Å². The quantitative estimate of drug-likeness (QED) is 0.859. The molecule has 0 spiro atoms. The Morgan fingerprint density at radius 2 is 1.92 bits per heavy atom. The van der Waals surface area contributed by atoms with Gasteiger partial charge in [-0.3, -0.25) is 9.78 Å². The molecule has 0 aliphatic carbocycles. The highest BCUT2D eigenvalue weighted by Gasteiger charge is 2.27. The lowest BCUT2D eigenvalue weighted by Crippen LogP contribution is -2.35. The standard InChI is InChI=1S/C20H22N2O3/c23-20(13-15-5-6-18-19(12-15)25-14-24-18)22-11-3-1-2-4-17(22)16-7-9-21-10-8-16/h5-10,12,17H,1-4,11,13-14H2/t17-/m0/s1. The van der Waals surface area contributed by atoms with Crippen molar-refractivity contribution in [3.05, 3.63) is 53.9 Å². The number of amides is 1. The molecule has 0 N–H and O–H groups in total. The Morgan fingerprint density at radius 1 is 1.08 bits per heavy atom. The Balaban J connectivity index is 1.54. The average Bonchev–Trinajstić information content (AvgIpc) is 2.96. The molecule has 0 bridgehead atoms. The normalized spacial score (nSPS) is 19.5. The fraction of sp³-hybridized carbons (Fsp3) is 0.400. The van der Waals surface area contributed by atoms with Crippen molar-refractivity contribution in [2.45, 2.75) is 38.1 Å². The summed E-state index contributed by atoms with van der Waals surface area (Å²) in [5.74, 6) is 1.65. The molecule has 130 valence electrons. The van der Waals surface area contributed by atoms with Gasteiger partial charge < -0.3 is 14.4 Å². The second-order valence-electron chi connectivity index (χ2n) is 6.60. The van der Waals surface area contributed by atoms with Crippen molar-refractivity contribution in [2.24, 2.45) is 0 Å². The zero-order valence-electron chi connectivity index (χ0n) is 14.2. The molecular weight excluding hydrogens is 316 g/mol. The molecule has 5 heteroatoms.